The van der Waals surface area contributed by atoms with Gasteiger partial charge in [0.2, 0.25) is 5.91 Å². The Kier molecular flexibility index (Phi) is 3.63. The molecule has 0 saturated heterocycles. The topological polar surface area (TPSA) is 42.0 Å². The number of nitrogens with one attached hydrogen (secondary N) is 1. The molecule has 14 heavy (non-hydrogen) atoms. The minimum Gasteiger partial charge on any atom is -0.311 e. The van der Waals surface area contributed by atoms with Gasteiger partial charge < -0.3 is 5.32 Å². The molecule has 1 atom stereocenters. The molecule has 1 aromatic rings. The lowest BCUT2D eigenvalue weighted by atomic mass is 10.0. The summed E-state index contributed by atoms with van der Waals surface area (Å²) in [5.74, 6) is 1.05. The fraction of sp³-hybridized carbons (Fsp3) is 0.455. The summed E-state index contributed by atoms with van der Waals surface area (Å²) in [7, 11) is 0. The highest BCUT2D eigenvalue weighted by Crippen LogP contribution is 2.18. The zero-order chi connectivity index (χ0) is 10.6. The molecule has 0 fully saturated rings. The number of carbonyl (C=O) groups excluding carboxylic acids is 1. The van der Waals surface area contributed by atoms with Crippen molar-refractivity contribution in [3.05, 3.63) is 23.9 Å². The fourth-order valence-electron chi connectivity index (χ4n) is 1.19. The average Bonchev–Trinajstić information content (AvgIpc) is 2.17. The molecule has 1 rings (SSSR count). The summed E-state index contributed by atoms with van der Waals surface area (Å²) in [5.41, 5.74) is 1.21. The largest absolute Gasteiger partial charge is 0.311 e. The van der Waals surface area contributed by atoms with Crippen LogP contribution in [0.3, 0.4) is 0 Å². The number of pyridine rings is 1. The van der Waals surface area contributed by atoms with Crippen LogP contribution in [0.2, 0.25) is 0 Å². The van der Waals surface area contributed by atoms with Crippen LogP contribution >= 0.6 is 0 Å². The number of hydrogen-bond acceptors (Lipinski definition) is 2. The molecule has 0 bridgehead atoms. The maximum atomic E-state index is 10.7. The second kappa shape index (κ2) is 4.74. The predicted molar refractivity (Wildman–Crippen MR) is 57.2 cm³/mol. The molecule has 1 N–H and O–H groups in total. The van der Waals surface area contributed by atoms with E-state index in [9.17, 15) is 4.79 Å². The molecular formula is C11H16N2O. The molecular weight excluding hydrogens is 176 g/mol. The van der Waals surface area contributed by atoms with E-state index in [2.05, 4.69) is 24.1 Å². The van der Waals surface area contributed by atoms with Crippen molar-refractivity contribution in [3.8, 4) is 0 Å². The number of rotatable bonds is 3. The first-order valence-electron chi connectivity index (χ1n) is 4.87. The number of carbonyl (C=O) groups is 1. The zero-order valence-corrected chi connectivity index (χ0v) is 8.87. The van der Waals surface area contributed by atoms with Gasteiger partial charge in [-0.2, -0.15) is 0 Å². The van der Waals surface area contributed by atoms with Crippen LogP contribution in [0.25, 0.3) is 0 Å². The van der Waals surface area contributed by atoms with E-state index in [4.69, 9.17) is 0 Å². The van der Waals surface area contributed by atoms with E-state index in [1.54, 1.807) is 0 Å². The monoisotopic (exact) mass is 192 g/mol. The zero-order valence-electron chi connectivity index (χ0n) is 8.87. The van der Waals surface area contributed by atoms with Gasteiger partial charge in [-0.1, -0.05) is 19.9 Å². The van der Waals surface area contributed by atoms with Gasteiger partial charge in [-0.25, -0.2) is 4.98 Å². The molecule has 76 valence electrons. The molecule has 0 aliphatic carbocycles. The Labute approximate surface area is 84.6 Å². The number of hydrogen-bond donors (Lipinski definition) is 1. The lowest BCUT2D eigenvalue weighted by Gasteiger charge is -2.08. The third kappa shape index (κ3) is 2.83. The van der Waals surface area contributed by atoms with Crippen LogP contribution in [0, 0.1) is 0 Å². The van der Waals surface area contributed by atoms with Crippen LogP contribution in [0.1, 0.15) is 38.7 Å². The smallest absolute Gasteiger partial charge is 0.222 e. The molecule has 0 spiro atoms. The van der Waals surface area contributed by atoms with Crippen LogP contribution in [-0.4, -0.2) is 10.9 Å². The highest BCUT2D eigenvalue weighted by atomic mass is 16.1. The Morgan fingerprint density at radius 1 is 1.57 bits per heavy atom. The lowest BCUT2D eigenvalue weighted by molar-refractivity contribution is -0.114. The average molecular weight is 192 g/mol. The third-order valence-corrected chi connectivity index (χ3v) is 2.27. The van der Waals surface area contributed by atoms with Crippen molar-refractivity contribution in [2.24, 2.45) is 0 Å². The Balaban J connectivity index is 2.73. The van der Waals surface area contributed by atoms with Crippen molar-refractivity contribution in [2.75, 3.05) is 5.32 Å². The van der Waals surface area contributed by atoms with Gasteiger partial charge in [-0.05, 0) is 24.0 Å². The molecule has 1 amide bonds. The highest BCUT2D eigenvalue weighted by molar-refractivity contribution is 5.87. The molecule has 0 radical (unpaired) electrons. The summed E-state index contributed by atoms with van der Waals surface area (Å²) in [6.45, 7) is 5.78. The number of nitrogens with zero attached hydrogens (tertiary/aromatic N) is 1. The Morgan fingerprint density at radius 2 is 2.29 bits per heavy atom. The minimum absolute atomic E-state index is 0.0891. The summed E-state index contributed by atoms with van der Waals surface area (Å²) < 4.78 is 0. The van der Waals surface area contributed by atoms with Crippen LogP contribution in [-0.2, 0) is 4.79 Å². The predicted octanol–water partition coefficient (Wildman–Crippen LogP) is 2.55. The third-order valence-electron chi connectivity index (χ3n) is 2.27. The molecule has 0 saturated carbocycles. The maximum absolute atomic E-state index is 10.7. The van der Waals surface area contributed by atoms with Gasteiger partial charge in [-0.15, -0.1) is 0 Å². The van der Waals surface area contributed by atoms with Crippen molar-refractivity contribution >= 4 is 11.7 Å². The minimum atomic E-state index is -0.0891. The standard InChI is InChI=1S/C11H16N2O/c1-4-8(2)10-5-6-11(12-7-10)13-9(3)14/h5-8H,4H2,1-3H3,(H,12,13,14). The van der Waals surface area contributed by atoms with Crippen LogP contribution in [0.5, 0.6) is 0 Å². The number of amides is 1. The van der Waals surface area contributed by atoms with Gasteiger partial charge in [0.15, 0.2) is 0 Å². The summed E-state index contributed by atoms with van der Waals surface area (Å²) >= 11 is 0. The Morgan fingerprint density at radius 3 is 2.71 bits per heavy atom. The first-order valence-corrected chi connectivity index (χ1v) is 4.87. The van der Waals surface area contributed by atoms with E-state index < -0.39 is 0 Å². The van der Waals surface area contributed by atoms with Crippen LogP contribution in [0.4, 0.5) is 5.82 Å². The van der Waals surface area contributed by atoms with E-state index in [0.29, 0.717) is 11.7 Å². The summed E-state index contributed by atoms with van der Waals surface area (Å²) in [6, 6.07) is 3.84. The van der Waals surface area contributed by atoms with Crippen LogP contribution < -0.4 is 5.32 Å². The molecule has 1 unspecified atom stereocenters. The summed E-state index contributed by atoms with van der Waals surface area (Å²) in [4.78, 5) is 14.9. The maximum Gasteiger partial charge on any atom is 0.222 e. The number of aromatic nitrogens is 1. The van der Waals surface area contributed by atoms with Crippen molar-refractivity contribution < 1.29 is 4.79 Å². The Hall–Kier alpha value is -1.38. The molecule has 0 aliphatic heterocycles. The summed E-state index contributed by atoms with van der Waals surface area (Å²) in [6.07, 6.45) is 2.92. The fourth-order valence-corrected chi connectivity index (χ4v) is 1.19. The van der Waals surface area contributed by atoms with Gasteiger partial charge in [0, 0.05) is 13.1 Å². The van der Waals surface area contributed by atoms with E-state index in [0.717, 1.165) is 6.42 Å². The van der Waals surface area contributed by atoms with E-state index in [1.165, 1.54) is 12.5 Å². The van der Waals surface area contributed by atoms with E-state index in [1.807, 2.05) is 18.3 Å². The van der Waals surface area contributed by atoms with Crippen molar-refractivity contribution in [3.63, 3.8) is 0 Å². The molecule has 3 nitrogen and oxygen atoms in total. The van der Waals surface area contributed by atoms with Gasteiger partial charge in [-0.3, -0.25) is 4.79 Å². The van der Waals surface area contributed by atoms with Crippen molar-refractivity contribution in [2.45, 2.75) is 33.1 Å². The van der Waals surface area contributed by atoms with E-state index in [-0.39, 0.29) is 5.91 Å². The molecule has 1 heterocycles. The van der Waals surface area contributed by atoms with Gasteiger partial charge >= 0.3 is 0 Å². The lowest BCUT2D eigenvalue weighted by Crippen LogP contribution is -2.07. The van der Waals surface area contributed by atoms with E-state index >= 15 is 0 Å². The van der Waals surface area contributed by atoms with Crippen molar-refractivity contribution in [1.82, 2.24) is 4.98 Å². The normalized spacial score (nSPS) is 12.2. The first-order chi connectivity index (χ1) is 6.63. The van der Waals surface area contributed by atoms with Gasteiger partial charge in [0.1, 0.15) is 5.82 Å². The van der Waals surface area contributed by atoms with Gasteiger partial charge in [0.25, 0.3) is 0 Å². The molecule has 0 aromatic carbocycles. The quantitative estimate of drug-likeness (QED) is 0.799. The van der Waals surface area contributed by atoms with Crippen molar-refractivity contribution in [1.29, 1.82) is 0 Å². The van der Waals surface area contributed by atoms with Crippen LogP contribution in [0.15, 0.2) is 18.3 Å². The number of anilines is 1. The second-order valence-corrected chi connectivity index (χ2v) is 3.47. The van der Waals surface area contributed by atoms with Gasteiger partial charge in [0.05, 0.1) is 0 Å². The molecule has 1 aromatic heterocycles. The second-order valence-electron chi connectivity index (χ2n) is 3.47. The SMILES string of the molecule is CCC(C)c1ccc(NC(C)=O)nc1. The molecule has 0 aliphatic rings. The Bertz CT molecular complexity index is 306. The molecule has 3 heteroatoms. The summed E-state index contributed by atoms with van der Waals surface area (Å²) in [5, 5.41) is 2.64. The first kappa shape index (κ1) is 10.7. The highest BCUT2D eigenvalue weighted by Gasteiger charge is 2.03.